The van der Waals surface area contributed by atoms with Crippen LogP contribution < -0.4 is 9.47 Å². The lowest BCUT2D eigenvalue weighted by Gasteiger charge is -2.31. The predicted molar refractivity (Wildman–Crippen MR) is 138 cm³/mol. The molecule has 0 spiro atoms. The van der Waals surface area contributed by atoms with E-state index >= 15 is 0 Å². The minimum atomic E-state index is -0.279. The van der Waals surface area contributed by atoms with Gasteiger partial charge in [-0.1, -0.05) is 49.6 Å². The third kappa shape index (κ3) is 7.56. The molecule has 1 aliphatic carbocycles. The van der Waals surface area contributed by atoms with Crippen molar-refractivity contribution < 1.29 is 9.47 Å². The Hall–Kier alpha value is -2.40. The highest BCUT2D eigenvalue weighted by Crippen LogP contribution is 2.28. The van der Waals surface area contributed by atoms with Crippen LogP contribution in [-0.4, -0.2) is 40.2 Å². The summed E-state index contributed by atoms with van der Waals surface area (Å²) in [6.07, 6.45) is 17.2. The van der Waals surface area contributed by atoms with Gasteiger partial charge in [0.2, 0.25) is 5.88 Å². The molecule has 1 aromatic heterocycles. The van der Waals surface area contributed by atoms with Crippen molar-refractivity contribution >= 4 is 6.08 Å². The lowest BCUT2D eigenvalue weighted by Crippen LogP contribution is -2.33. The van der Waals surface area contributed by atoms with Gasteiger partial charge in [-0.2, -0.15) is 0 Å². The van der Waals surface area contributed by atoms with Crippen LogP contribution in [0.15, 0.2) is 42.7 Å². The Labute approximate surface area is 205 Å². The van der Waals surface area contributed by atoms with Crippen molar-refractivity contribution in [2.24, 2.45) is 11.8 Å². The van der Waals surface area contributed by atoms with Gasteiger partial charge in [0.25, 0.3) is 0 Å². The summed E-state index contributed by atoms with van der Waals surface area (Å²) < 4.78 is 12.3. The second kappa shape index (κ2) is 11.8. The Kier molecular flexibility index (Phi) is 8.60. The van der Waals surface area contributed by atoms with Gasteiger partial charge in [-0.3, -0.25) is 9.88 Å². The predicted octanol–water partition coefficient (Wildman–Crippen LogP) is 6.54. The molecule has 1 aromatic carbocycles. The van der Waals surface area contributed by atoms with Gasteiger partial charge < -0.3 is 9.47 Å². The van der Waals surface area contributed by atoms with Gasteiger partial charge in [-0.25, -0.2) is 4.98 Å². The van der Waals surface area contributed by atoms with Crippen LogP contribution in [-0.2, 0) is 6.54 Å². The second-order valence-electron chi connectivity index (χ2n) is 10.8. The van der Waals surface area contributed by atoms with Crippen LogP contribution in [0.3, 0.4) is 0 Å². The van der Waals surface area contributed by atoms with E-state index in [1.807, 2.05) is 20.8 Å². The highest BCUT2D eigenvalue weighted by molar-refractivity contribution is 5.57. The van der Waals surface area contributed by atoms with Crippen LogP contribution in [0, 0.1) is 11.8 Å². The zero-order valence-corrected chi connectivity index (χ0v) is 21.2. The van der Waals surface area contributed by atoms with Crippen molar-refractivity contribution in [2.45, 2.75) is 77.9 Å². The molecule has 0 bridgehead atoms. The van der Waals surface area contributed by atoms with E-state index in [0.29, 0.717) is 11.8 Å². The van der Waals surface area contributed by atoms with E-state index in [4.69, 9.17) is 9.47 Å². The van der Waals surface area contributed by atoms with E-state index in [-0.39, 0.29) is 5.60 Å². The van der Waals surface area contributed by atoms with Crippen LogP contribution in [0.2, 0.25) is 0 Å². The first-order chi connectivity index (χ1) is 16.5. The Morgan fingerprint density at radius 2 is 1.71 bits per heavy atom. The summed E-state index contributed by atoms with van der Waals surface area (Å²) in [7, 11) is 0. The van der Waals surface area contributed by atoms with Gasteiger partial charge in [0, 0.05) is 24.5 Å². The lowest BCUT2D eigenvalue weighted by atomic mass is 9.90. The summed E-state index contributed by atoms with van der Waals surface area (Å²) in [4.78, 5) is 11.4. The SMILES string of the molecule is CC(C)(C)Oc1nccnc1CN1CCC(/C=C/c2ccccc2OCC2CCCCC2)CC1. The highest BCUT2D eigenvalue weighted by Gasteiger charge is 2.22. The van der Waals surface area contributed by atoms with Crippen molar-refractivity contribution in [3.8, 4) is 11.6 Å². The van der Waals surface area contributed by atoms with E-state index in [9.17, 15) is 0 Å². The standard InChI is InChI=1S/C29H41N3O2/c1-29(2,3)34-28-26(30-17-18-31-28)21-32-19-15-23(16-20-32)13-14-25-11-7-8-12-27(25)33-22-24-9-5-4-6-10-24/h7-8,11-14,17-18,23-24H,4-6,9-10,15-16,19-22H2,1-3H3/b14-13+. The smallest absolute Gasteiger partial charge is 0.237 e. The number of nitrogens with zero attached hydrogens (tertiary/aromatic N) is 3. The molecule has 0 atom stereocenters. The largest absolute Gasteiger partial charge is 0.493 e. The van der Waals surface area contributed by atoms with Crippen molar-refractivity contribution in [3.05, 3.63) is 54.0 Å². The Bertz CT molecular complexity index is 923. The van der Waals surface area contributed by atoms with Gasteiger partial charge in [0.15, 0.2) is 0 Å². The highest BCUT2D eigenvalue weighted by atomic mass is 16.5. The topological polar surface area (TPSA) is 47.5 Å². The Balaban J connectivity index is 1.28. The summed E-state index contributed by atoms with van der Waals surface area (Å²) in [6, 6.07) is 8.47. The van der Waals surface area contributed by atoms with Crippen molar-refractivity contribution in [3.63, 3.8) is 0 Å². The third-order valence-corrected chi connectivity index (χ3v) is 6.81. The summed E-state index contributed by atoms with van der Waals surface area (Å²) in [6.45, 7) is 9.88. The number of aromatic nitrogens is 2. The molecule has 2 aromatic rings. The number of hydrogen-bond donors (Lipinski definition) is 0. The van der Waals surface area contributed by atoms with E-state index in [1.54, 1.807) is 12.4 Å². The average Bonchev–Trinajstić information content (AvgIpc) is 2.84. The normalized spacial score (nSPS) is 18.9. The van der Waals surface area contributed by atoms with Crippen molar-refractivity contribution in [1.29, 1.82) is 0 Å². The zero-order chi connectivity index (χ0) is 23.8. The van der Waals surface area contributed by atoms with Crippen molar-refractivity contribution in [2.75, 3.05) is 19.7 Å². The number of allylic oxidation sites excluding steroid dienone is 1. The molecule has 2 aliphatic rings. The second-order valence-corrected chi connectivity index (χ2v) is 10.8. The molecule has 0 amide bonds. The molecule has 2 heterocycles. The molecule has 1 saturated heterocycles. The maximum Gasteiger partial charge on any atom is 0.237 e. The molecule has 2 fully saturated rings. The van der Waals surface area contributed by atoms with Crippen molar-refractivity contribution in [1.82, 2.24) is 14.9 Å². The van der Waals surface area contributed by atoms with Crippen LogP contribution in [0.25, 0.3) is 6.08 Å². The fourth-order valence-electron chi connectivity index (χ4n) is 4.90. The first kappa shape index (κ1) is 24.7. The third-order valence-electron chi connectivity index (χ3n) is 6.81. The molecular formula is C29H41N3O2. The summed E-state index contributed by atoms with van der Waals surface area (Å²) in [5.41, 5.74) is 1.85. The Morgan fingerprint density at radius 3 is 2.47 bits per heavy atom. The average molecular weight is 464 g/mol. The summed E-state index contributed by atoms with van der Waals surface area (Å²) >= 11 is 0. The number of likely N-dealkylation sites (tertiary alicyclic amines) is 1. The number of para-hydroxylation sites is 1. The van der Waals surface area contributed by atoms with Crippen LogP contribution in [0.5, 0.6) is 11.6 Å². The quantitative estimate of drug-likeness (QED) is 0.445. The van der Waals surface area contributed by atoms with Gasteiger partial charge in [-0.15, -0.1) is 0 Å². The monoisotopic (exact) mass is 463 g/mol. The van der Waals surface area contributed by atoms with Gasteiger partial charge >= 0.3 is 0 Å². The zero-order valence-electron chi connectivity index (χ0n) is 21.2. The van der Waals surface area contributed by atoms with E-state index in [1.165, 1.54) is 37.7 Å². The molecule has 34 heavy (non-hydrogen) atoms. The minimum absolute atomic E-state index is 0.279. The molecule has 184 valence electrons. The van der Waals surface area contributed by atoms with E-state index in [0.717, 1.165) is 56.4 Å². The first-order valence-electron chi connectivity index (χ1n) is 13.1. The van der Waals surface area contributed by atoms with E-state index < -0.39 is 0 Å². The molecule has 1 aliphatic heterocycles. The Morgan fingerprint density at radius 1 is 0.971 bits per heavy atom. The maximum atomic E-state index is 6.26. The molecule has 0 N–H and O–H groups in total. The molecular weight excluding hydrogens is 422 g/mol. The van der Waals surface area contributed by atoms with Crippen LogP contribution >= 0.6 is 0 Å². The molecule has 5 heteroatoms. The molecule has 0 radical (unpaired) electrons. The number of piperidine rings is 1. The molecule has 4 rings (SSSR count). The summed E-state index contributed by atoms with van der Waals surface area (Å²) in [5.74, 6) is 2.99. The lowest BCUT2D eigenvalue weighted by molar-refractivity contribution is 0.117. The molecule has 1 saturated carbocycles. The number of benzene rings is 1. The van der Waals surface area contributed by atoms with Gasteiger partial charge in [-0.05, 0) is 77.4 Å². The van der Waals surface area contributed by atoms with E-state index in [2.05, 4.69) is 51.3 Å². The molecule has 0 unspecified atom stereocenters. The number of rotatable bonds is 8. The number of hydrogen-bond acceptors (Lipinski definition) is 5. The minimum Gasteiger partial charge on any atom is -0.493 e. The fraction of sp³-hybridized carbons (Fsp3) is 0.586. The van der Waals surface area contributed by atoms with Gasteiger partial charge in [0.05, 0.1) is 6.61 Å². The summed E-state index contributed by atoms with van der Waals surface area (Å²) in [5, 5.41) is 0. The first-order valence-corrected chi connectivity index (χ1v) is 13.1. The van der Waals surface area contributed by atoms with Gasteiger partial charge in [0.1, 0.15) is 17.0 Å². The maximum absolute atomic E-state index is 6.26. The van der Waals surface area contributed by atoms with Crippen LogP contribution in [0.1, 0.15) is 77.0 Å². The van der Waals surface area contributed by atoms with Crippen LogP contribution in [0.4, 0.5) is 0 Å². The fourth-order valence-corrected chi connectivity index (χ4v) is 4.90. The number of ether oxygens (including phenoxy) is 2. The molecule has 5 nitrogen and oxygen atoms in total.